The molecule has 2 N–H and O–H groups in total. The van der Waals surface area contributed by atoms with E-state index in [9.17, 15) is 9.59 Å². The molecule has 0 atom stereocenters. The number of benzene rings is 2. The first kappa shape index (κ1) is 21.4. The van der Waals surface area contributed by atoms with Gasteiger partial charge in [-0.3, -0.25) is 9.59 Å². The third-order valence-electron chi connectivity index (χ3n) is 5.54. The van der Waals surface area contributed by atoms with E-state index in [4.69, 9.17) is 16.3 Å². The van der Waals surface area contributed by atoms with Crippen LogP contribution in [-0.2, 0) is 4.79 Å². The van der Waals surface area contributed by atoms with Crippen LogP contribution in [0.3, 0.4) is 0 Å². The number of rotatable bonds is 5. The van der Waals surface area contributed by atoms with Gasteiger partial charge in [0.2, 0.25) is 0 Å². The molecule has 2 aromatic rings. The van der Waals surface area contributed by atoms with Gasteiger partial charge in [0.15, 0.2) is 11.5 Å². The minimum Gasteiger partial charge on any atom is -0.449 e. The Kier molecular flexibility index (Phi) is 6.89. The van der Waals surface area contributed by atoms with Crippen molar-refractivity contribution in [2.24, 2.45) is 0 Å². The lowest BCUT2D eigenvalue weighted by Gasteiger charge is -2.21. The molecule has 2 aliphatic heterocycles. The van der Waals surface area contributed by atoms with Crippen molar-refractivity contribution in [3.8, 4) is 5.75 Å². The average Bonchev–Trinajstić information content (AvgIpc) is 3.04. The molecule has 7 heteroatoms. The fourth-order valence-electron chi connectivity index (χ4n) is 3.82. The lowest BCUT2D eigenvalue weighted by molar-refractivity contribution is -0.115. The van der Waals surface area contributed by atoms with Crippen molar-refractivity contribution in [1.82, 2.24) is 10.2 Å². The van der Waals surface area contributed by atoms with Crippen LogP contribution in [0.5, 0.6) is 5.75 Å². The monoisotopic (exact) mass is 439 g/mol. The molecule has 0 spiro atoms. The zero-order chi connectivity index (χ0) is 21.6. The summed E-state index contributed by atoms with van der Waals surface area (Å²) in [6, 6.07) is 12.2. The highest BCUT2D eigenvalue weighted by Crippen LogP contribution is 2.33. The van der Waals surface area contributed by atoms with Crippen molar-refractivity contribution < 1.29 is 14.3 Å². The molecule has 1 fully saturated rings. The van der Waals surface area contributed by atoms with E-state index < -0.39 is 0 Å². The van der Waals surface area contributed by atoms with Gasteiger partial charge in [-0.2, -0.15) is 0 Å². The normalized spacial score (nSPS) is 18.0. The second kappa shape index (κ2) is 9.98. The number of carbonyl (C=O) groups excluding carboxylic acids is 2. The molecule has 6 nitrogen and oxygen atoms in total. The van der Waals surface area contributed by atoms with Crippen molar-refractivity contribution in [3.05, 3.63) is 64.4 Å². The van der Waals surface area contributed by atoms with E-state index in [0.717, 1.165) is 19.6 Å². The second-order valence-corrected chi connectivity index (χ2v) is 8.22. The summed E-state index contributed by atoms with van der Waals surface area (Å²) in [6.45, 7) is 3.65. The molecule has 0 bridgehead atoms. The van der Waals surface area contributed by atoms with E-state index in [1.807, 2.05) is 12.1 Å². The number of halogens is 1. The van der Waals surface area contributed by atoms with Crippen molar-refractivity contribution in [3.63, 3.8) is 0 Å². The number of likely N-dealkylation sites (tertiary alicyclic amines) is 1. The minimum absolute atomic E-state index is 0.148. The van der Waals surface area contributed by atoms with Crippen LogP contribution in [0.2, 0.25) is 5.02 Å². The van der Waals surface area contributed by atoms with E-state index in [0.29, 0.717) is 34.1 Å². The van der Waals surface area contributed by atoms with Crippen LogP contribution in [-0.4, -0.2) is 42.9 Å². The molecule has 2 aromatic carbocycles. The molecule has 162 valence electrons. The van der Waals surface area contributed by atoms with E-state index in [-0.39, 0.29) is 17.6 Å². The Labute approximate surface area is 187 Å². The Morgan fingerprint density at radius 1 is 1.13 bits per heavy atom. The molecule has 2 amide bonds. The molecule has 2 aliphatic rings. The highest BCUT2D eigenvalue weighted by molar-refractivity contribution is 6.32. The molecule has 0 saturated carbocycles. The predicted octanol–water partition coefficient (Wildman–Crippen LogP) is 4.32. The van der Waals surface area contributed by atoms with Gasteiger partial charge in [-0.25, -0.2) is 0 Å². The van der Waals surface area contributed by atoms with Crippen LogP contribution in [0, 0.1) is 0 Å². The summed E-state index contributed by atoms with van der Waals surface area (Å²) < 4.78 is 5.76. The summed E-state index contributed by atoms with van der Waals surface area (Å²) >= 11 is 6.17. The fraction of sp³-hybridized carbons (Fsp3) is 0.333. The number of fused-ring (bicyclic) bond motifs is 1. The van der Waals surface area contributed by atoms with Gasteiger partial charge in [0.05, 0.1) is 5.69 Å². The average molecular weight is 440 g/mol. The highest BCUT2D eigenvalue weighted by Gasteiger charge is 2.23. The molecule has 0 radical (unpaired) electrons. The van der Waals surface area contributed by atoms with Gasteiger partial charge in [-0.15, -0.1) is 0 Å². The molecular formula is C24H26ClN3O3. The number of hydrogen-bond acceptors (Lipinski definition) is 4. The first-order valence-electron chi connectivity index (χ1n) is 10.7. The first-order chi connectivity index (χ1) is 15.1. The quantitative estimate of drug-likeness (QED) is 0.681. The largest absolute Gasteiger partial charge is 0.449 e. The third-order valence-corrected chi connectivity index (χ3v) is 5.88. The van der Waals surface area contributed by atoms with Crippen LogP contribution < -0.4 is 15.4 Å². The number of carbonyl (C=O) groups is 2. The van der Waals surface area contributed by atoms with Gasteiger partial charge < -0.3 is 20.3 Å². The molecular weight excluding hydrogens is 414 g/mol. The summed E-state index contributed by atoms with van der Waals surface area (Å²) in [5, 5.41) is 6.30. The van der Waals surface area contributed by atoms with Crippen LogP contribution in [0.4, 0.5) is 5.69 Å². The predicted molar refractivity (Wildman–Crippen MR) is 122 cm³/mol. The van der Waals surface area contributed by atoms with Gasteiger partial charge in [-0.05, 0) is 61.8 Å². The van der Waals surface area contributed by atoms with Crippen molar-refractivity contribution in [2.75, 3.05) is 31.5 Å². The molecule has 0 aromatic heterocycles. The summed E-state index contributed by atoms with van der Waals surface area (Å²) in [4.78, 5) is 27.4. The first-order valence-corrected chi connectivity index (χ1v) is 11.1. The second-order valence-electron chi connectivity index (χ2n) is 7.81. The van der Waals surface area contributed by atoms with E-state index in [2.05, 4.69) is 15.5 Å². The fourth-order valence-corrected chi connectivity index (χ4v) is 4.01. The lowest BCUT2D eigenvalue weighted by atomic mass is 10.1. The molecule has 2 heterocycles. The molecule has 31 heavy (non-hydrogen) atoms. The van der Waals surface area contributed by atoms with Crippen LogP contribution >= 0.6 is 11.6 Å². The summed E-state index contributed by atoms with van der Waals surface area (Å²) in [5.41, 5.74) is 1.65. The molecule has 1 saturated heterocycles. The van der Waals surface area contributed by atoms with Crippen molar-refractivity contribution in [2.45, 2.75) is 25.7 Å². The maximum Gasteiger partial charge on any atom is 0.291 e. The third kappa shape index (κ3) is 5.46. The summed E-state index contributed by atoms with van der Waals surface area (Å²) in [7, 11) is 0. The number of hydrogen-bond donors (Lipinski definition) is 2. The van der Waals surface area contributed by atoms with Crippen LogP contribution in [0.25, 0.3) is 6.08 Å². The smallest absolute Gasteiger partial charge is 0.291 e. The minimum atomic E-state index is -0.383. The maximum atomic E-state index is 12.6. The van der Waals surface area contributed by atoms with E-state index >= 15 is 0 Å². The van der Waals surface area contributed by atoms with Gasteiger partial charge in [0.1, 0.15) is 0 Å². The number of nitrogens with zero attached hydrogens (tertiary/aromatic N) is 1. The van der Waals surface area contributed by atoms with Gasteiger partial charge in [0, 0.05) is 23.7 Å². The van der Waals surface area contributed by atoms with Gasteiger partial charge >= 0.3 is 0 Å². The highest BCUT2D eigenvalue weighted by atomic mass is 35.5. The summed E-state index contributed by atoms with van der Waals surface area (Å²) in [6.07, 6.45) is 6.64. The zero-order valence-corrected chi connectivity index (χ0v) is 18.1. The summed E-state index contributed by atoms with van der Waals surface area (Å²) in [5.74, 6) is 0.0877. The number of nitrogens with one attached hydrogen (secondary N) is 2. The van der Waals surface area contributed by atoms with Gasteiger partial charge in [0.25, 0.3) is 11.8 Å². The lowest BCUT2D eigenvalue weighted by Crippen LogP contribution is -2.35. The van der Waals surface area contributed by atoms with Gasteiger partial charge in [-0.1, -0.05) is 42.6 Å². The van der Waals surface area contributed by atoms with E-state index in [1.165, 1.54) is 25.7 Å². The molecule has 0 unspecified atom stereocenters. The standard InChI is InChI=1S/C24H26ClN3O3/c25-19-8-4-3-7-17(19)16-22-24(30)27-20-15-18(9-10-21(20)31-22)23(29)26-11-14-28-12-5-1-2-6-13-28/h3-4,7-10,15-16H,1-2,5-6,11-14H2,(H,26,29)(H,27,30)/b22-16-. The van der Waals surface area contributed by atoms with E-state index in [1.54, 1.807) is 36.4 Å². The van der Waals surface area contributed by atoms with Crippen molar-refractivity contribution >= 4 is 35.2 Å². The Morgan fingerprint density at radius 2 is 1.90 bits per heavy atom. The van der Waals surface area contributed by atoms with Crippen molar-refractivity contribution in [1.29, 1.82) is 0 Å². The Balaban J connectivity index is 1.39. The molecule has 4 rings (SSSR count). The molecule has 0 aliphatic carbocycles. The topological polar surface area (TPSA) is 70.7 Å². The number of amides is 2. The zero-order valence-electron chi connectivity index (χ0n) is 17.3. The van der Waals surface area contributed by atoms with Crippen LogP contribution in [0.15, 0.2) is 48.2 Å². The number of ether oxygens (including phenoxy) is 1. The number of anilines is 1. The SMILES string of the molecule is O=C1Nc2cc(C(=O)NCCN3CCCCCC3)ccc2O/C1=C\c1ccccc1Cl. The Morgan fingerprint density at radius 3 is 2.68 bits per heavy atom. The Bertz CT molecular complexity index is 997. The Hall–Kier alpha value is -2.83. The van der Waals surface area contributed by atoms with Crippen LogP contribution in [0.1, 0.15) is 41.6 Å². The maximum absolute atomic E-state index is 12.6.